The van der Waals surface area contributed by atoms with E-state index in [0.717, 1.165) is 48.8 Å². The molecule has 1 aromatic carbocycles. The van der Waals surface area contributed by atoms with E-state index in [0.29, 0.717) is 24.0 Å². The highest BCUT2D eigenvalue weighted by atomic mass is 32.1. The average Bonchev–Trinajstić information content (AvgIpc) is 3.36. The fourth-order valence-electron chi connectivity index (χ4n) is 3.37. The summed E-state index contributed by atoms with van der Waals surface area (Å²) in [4.78, 5) is 22.2. The summed E-state index contributed by atoms with van der Waals surface area (Å²) in [5, 5.41) is 4.82. The molecule has 8 nitrogen and oxygen atoms in total. The Bertz CT molecular complexity index is 980. The predicted octanol–water partition coefficient (Wildman–Crippen LogP) is 2.41. The molecule has 9 heteroatoms. The molecule has 1 aliphatic rings. The van der Waals surface area contributed by atoms with Crippen LogP contribution in [-0.2, 0) is 11.8 Å². The number of hydrogen-bond donors (Lipinski definition) is 0. The van der Waals surface area contributed by atoms with Gasteiger partial charge in [0.1, 0.15) is 17.0 Å². The molecule has 0 spiro atoms. The summed E-state index contributed by atoms with van der Waals surface area (Å²) in [5.41, 5.74) is 1.33. The van der Waals surface area contributed by atoms with Crippen molar-refractivity contribution in [2.75, 3.05) is 50.9 Å². The first kappa shape index (κ1) is 19.8. The van der Waals surface area contributed by atoms with Crippen LogP contribution in [0.4, 0.5) is 5.13 Å². The van der Waals surface area contributed by atoms with E-state index < -0.39 is 0 Å². The van der Waals surface area contributed by atoms with E-state index in [-0.39, 0.29) is 5.91 Å². The summed E-state index contributed by atoms with van der Waals surface area (Å²) in [6.45, 7) is 7.05. The number of hydrogen-bond acceptors (Lipinski definition) is 7. The molecule has 0 atom stereocenters. The van der Waals surface area contributed by atoms with Gasteiger partial charge in [0.05, 0.1) is 24.5 Å². The molecule has 0 radical (unpaired) electrons. The van der Waals surface area contributed by atoms with Crippen LogP contribution >= 0.6 is 11.3 Å². The Hall–Kier alpha value is -2.49. The number of aryl methyl sites for hydroxylation is 1. The number of para-hydroxylation sites is 1. The van der Waals surface area contributed by atoms with Crippen molar-refractivity contribution in [3.63, 3.8) is 0 Å². The van der Waals surface area contributed by atoms with Gasteiger partial charge in [-0.3, -0.25) is 19.3 Å². The van der Waals surface area contributed by atoms with Crippen molar-refractivity contribution >= 4 is 32.6 Å². The first-order valence-corrected chi connectivity index (χ1v) is 10.6. The number of anilines is 1. The van der Waals surface area contributed by atoms with E-state index in [1.807, 2.05) is 25.1 Å². The molecule has 1 fully saturated rings. The van der Waals surface area contributed by atoms with Crippen LogP contribution in [0.25, 0.3) is 10.2 Å². The molecule has 2 aromatic heterocycles. The summed E-state index contributed by atoms with van der Waals surface area (Å²) in [7, 11) is 1.78. The van der Waals surface area contributed by atoms with E-state index in [4.69, 9.17) is 14.5 Å². The third-order valence-corrected chi connectivity index (χ3v) is 5.97. The summed E-state index contributed by atoms with van der Waals surface area (Å²) in [6.07, 6.45) is 1.64. The molecule has 3 aromatic rings. The number of carbonyl (C=O) groups excluding carboxylic acids is 1. The van der Waals surface area contributed by atoms with Gasteiger partial charge in [0.2, 0.25) is 0 Å². The lowest BCUT2D eigenvalue weighted by Crippen LogP contribution is -2.43. The van der Waals surface area contributed by atoms with Gasteiger partial charge in [0, 0.05) is 39.4 Å². The number of fused-ring (bicyclic) bond motifs is 1. The number of benzene rings is 1. The minimum atomic E-state index is -0.102. The molecule has 4 rings (SSSR count). The Morgan fingerprint density at radius 2 is 2.14 bits per heavy atom. The normalized spacial score (nSPS) is 15.0. The van der Waals surface area contributed by atoms with Gasteiger partial charge in [0.25, 0.3) is 5.91 Å². The Morgan fingerprint density at radius 1 is 1.31 bits per heavy atom. The average molecular weight is 416 g/mol. The number of amides is 1. The number of rotatable bonds is 7. The predicted molar refractivity (Wildman–Crippen MR) is 113 cm³/mol. The van der Waals surface area contributed by atoms with Crippen LogP contribution in [0.2, 0.25) is 0 Å². The van der Waals surface area contributed by atoms with Crippen molar-refractivity contribution in [1.29, 1.82) is 0 Å². The van der Waals surface area contributed by atoms with Gasteiger partial charge < -0.3 is 9.47 Å². The standard InChI is InChI=1S/C20H25N5O3S/c1-3-28-16-5-4-6-17-18(16)22-20(29-17)25(10-9-24-11-13-27-14-12-24)19(26)15-7-8-21-23(15)2/h4-8H,3,9-14H2,1-2H3. The molecule has 0 bridgehead atoms. The summed E-state index contributed by atoms with van der Waals surface area (Å²) in [5.74, 6) is 0.642. The van der Waals surface area contributed by atoms with Crippen molar-refractivity contribution in [2.24, 2.45) is 7.05 Å². The molecule has 1 aliphatic heterocycles. The van der Waals surface area contributed by atoms with Gasteiger partial charge in [-0.05, 0) is 25.1 Å². The van der Waals surface area contributed by atoms with E-state index >= 15 is 0 Å². The highest BCUT2D eigenvalue weighted by molar-refractivity contribution is 7.22. The summed E-state index contributed by atoms with van der Waals surface area (Å²) in [6, 6.07) is 7.61. The number of morpholine rings is 1. The van der Waals surface area contributed by atoms with Crippen molar-refractivity contribution in [3.05, 3.63) is 36.2 Å². The van der Waals surface area contributed by atoms with Gasteiger partial charge in [-0.25, -0.2) is 4.98 Å². The quantitative estimate of drug-likeness (QED) is 0.590. The van der Waals surface area contributed by atoms with Gasteiger partial charge in [-0.2, -0.15) is 5.10 Å². The minimum Gasteiger partial charge on any atom is -0.492 e. The van der Waals surface area contributed by atoms with Crippen molar-refractivity contribution in [1.82, 2.24) is 19.7 Å². The maximum Gasteiger partial charge on any atom is 0.278 e. The zero-order valence-electron chi connectivity index (χ0n) is 16.7. The molecule has 29 heavy (non-hydrogen) atoms. The Morgan fingerprint density at radius 3 is 2.86 bits per heavy atom. The van der Waals surface area contributed by atoms with Crippen molar-refractivity contribution < 1.29 is 14.3 Å². The number of ether oxygens (including phenoxy) is 2. The number of nitrogens with zero attached hydrogens (tertiary/aromatic N) is 5. The van der Waals surface area contributed by atoms with Crippen LogP contribution in [-0.4, -0.2) is 71.6 Å². The van der Waals surface area contributed by atoms with Crippen LogP contribution in [0.3, 0.4) is 0 Å². The lowest BCUT2D eigenvalue weighted by molar-refractivity contribution is 0.0391. The van der Waals surface area contributed by atoms with E-state index in [2.05, 4.69) is 10.00 Å². The van der Waals surface area contributed by atoms with E-state index in [1.165, 1.54) is 11.3 Å². The molecular weight excluding hydrogens is 390 g/mol. The third kappa shape index (κ3) is 4.26. The molecule has 0 N–H and O–H groups in total. The maximum absolute atomic E-state index is 13.3. The fraction of sp³-hybridized carbons (Fsp3) is 0.450. The maximum atomic E-state index is 13.3. The van der Waals surface area contributed by atoms with Crippen LogP contribution in [0, 0.1) is 0 Å². The highest BCUT2D eigenvalue weighted by Crippen LogP contribution is 2.34. The fourth-order valence-corrected chi connectivity index (χ4v) is 4.38. The van der Waals surface area contributed by atoms with Crippen LogP contribution < -0.4 is 9.64 Å². The molecule has 0 aliphatic carbocycles. The second kappa shape index (κ2) is 8.89. The molecule has 3 heterocycles. The van der Waals surface area contributed by atoms with Gasteiger partial charge >= 0.3 is 0 Å². The molecule has 0 saturated carbocycles. The van der Waals surface area contributed by atoms with Crippen LogP contribution in [0.15, 0.2) is 30.5 Å². The zero-order chi connectivity index (χ0) is 20.2. The first-order valence-electron chi connectivity index (χ1n) is 9.79. The topological polar surface area (TPSA) is 72.7 Å². The first-order chi connectivity index (χ1) is 14.2. The summed E-state index contributed by atoms with van der Waals surface area (Å²) >= 11 is 1.50. The Balaban J connectivity index is 1.65. The lowest BCUT2D eigenvalue weighted by atomic mass is 10.3. The highest BCUT2D eigenvalue weighted by Gasteiger charge is 2.25. The Kier molecular flexibility index (Phi) is 6.08. The monoisotopic (exact) mass is 415 g/mol. The third-order valence-electron chi connectivity index (χ3n) is 4.93. The van der Waals surface area contributed by atoms with Gasteiger partial charge in [-0.15, -0.1) is 0 Å². The molecular formula is C20H25N5O3S. The van der Waals surface area contributed by atoms with Crippen LogP contribution in [0.5, 0.6) is 5.75 Å². The SMILES string of the molecule is CCOc1cccc2sc(N(CCN3CCOCC3)C(=O)c3ccnn3C)nc12. The van der Waals surface area contributed by atoms with E-state index in [9.17, 15) is 4.79 Å². The smallest absolute Gasteiger partial charge is 0.278 e. The second-order valence-corrected chi connectivity index (χ2v) is 7.79. The summed E-state index contributed by atoms with van der Waals surface area (Å²) < 4.78 is 13.8. The molecule has 0 unspecified atom stereocenters. The van der Waals surface area contributed by atoms with E-state index in [1.54, 1.807) is 28.9 Å². The zero-order valence-corrected chi connectivity index (χ0v) is 17.5. The Labute approximate surface area is 173 Å². The lowest BCUT2D eigenvalue weighted by Gasteiger charge is -2.29. The van der Waals surface area contributed by atoms with Gasteiger partial charge in [-0.1, -0.05) is 17.4 Å². The molecule has 1 saturated heterocycles. The van der Waals surface area contributed by atoms with Crippen LogP contribution in [0.1, 0.15) is 17.4 Å². The minimum absolute atomic E-state index is 0.102. The molecule has 1 amide bonds. The number of carbonyl (C=O) groups is 1. The van der Waals surface area contributed by atoms with Crippen molar-refractivity contribution in [3.8, 4) is 5.75 Å². The van der Waals surface area contributed by atoms with Crippen molar-refractivity contribution in [2.45, 2.75) is 6.92 Å². The largest absolute Gasteiger partial charge is 0.492 e. The number of aromatic nitrogens is 3. The second-order valence-electron chi connectivity index (χ2n) is 6.78. The number of thiazole rings is 1. The molecule has 154 valence electrons. The van der Waals surface area contributed by atoms with Gasteiger partial charge in [0.15, 0.2) is 5.13 Å².